The van der Waals surface area contributed by atoms with Crippen molar-refractivity contribution in [1.82, 2.24) is 15.5 Å². The van der Waals surface area contributed by atoms with E-state index in [0.29, 0.717) is 18.5 Å². The SMILES string of the molecule is COc1ccc(Br)cc1CN=C(NCC(=O)N(C)C)NC1CCCC1. The van der Waals surface area contributed by atoms with Gasteiger partial charge < -0.3 is 20.3 Å². The molecule has 1 amide bonds. The predicted molar refractivity (Wildman–Crippen MR) is 104 cm³/mol. The second kappa shape index (κ2) is 9.65. The lowest BCUT2D eigenvalue weighted by Crippen LogP contribution is -2.46. The Labute approximate surface area is 158 Å². The van der Waals surface area contributed by atoms with Gasteiger partial charge in [0.15, 0.2) is 5.96 Å². The van der Waals surface area contributed by atoms with Crippen LogP contribution in [-0.2, 0) is 11.3 Å². The summed E-state index contributed by atoms with van der Waals surface area (Å²) in [5.41, 5.74) is 0.989. The molecule has 1 aromatic rings. The largest absolute Gasteiger partial charge is 0.496 e. The van der Waals surface area contributed by atoms with E-state index < -0.39 is 0 Å². The Kier molecular flexibility index (Phi) is 7.55. The standard InChI is InChI=1S/C18H27BrN4O2/c1-23(2)17(24)12-21-18(22-15-6-4-5-7-15)20-11-13-10-14(19)8-9-16(13)25-3/h8-10,15H,4-7,11-12H2,1-3H3,(H2,20,21,22). The van der Waals surface area contributed by atoms with Crippen LogP contribution in [0.1, 0.15) is 31.2 Å². The van der Waals surface area contributed by atoms with Crippen molar-refractivity contribution in [3.8, 4) is 5.75 Å². The molecule has 1 aliphatic rings. The summed E-state index contributed by atoms with van der Waals surface area (Å²) < 4.78 is 6.39. The highest BCUT2D eigenvalue weighted by atomic mass is 79.9. The molecule has 1 aliphatic carbocycles. The van der Waals surface area contributed by atoms with Crippen LogP contribution in [0.4, 0.5) is 0 Å². The molecule has 0 aromatic heterocycles. The van der Waals surface area contributed by atoms with Crippen LogP contribution in [0.15, 0.2) is 27.7 Å². The van der Waals surface area contributed by atoms with Crippen LogP contribution in [0.3, 0.4) is 0 Å². The molecule has 138 valence electrons. The zero-order valence-electron chi connectivity index (χ0n) is 15.1. The molecule has 0 radical (unpaired) electrons. The fourth-order valence-electron chi connectivity index (χ4n) is 2.77. The number of hydrogen-bond donors (Lipinski definition) is 2. The Bertz CT molecular complexity index is 613. The number of guanidine groups is 1. The van der Waals surface area contributed by atoms with Gasteiger partial charge in [0.05, 0.1) is 20.2 Å². The van der Waals surface area contributed by atoms with Gasteiger partial charge in [-0.1, -0.05) is 28.8 Å². The normalized spacial score (nSPS) is 15.1. The van der Waals surface area contributed by atoms with Gasteiger partial charge in [0.2, 0.25) is 5.91 Å². The minimum absolute atomic E-state index is 0.0148. The fraction of sp³-hybridized carbons (Fsp3) is 0.556. The number of methoxy groups -OCH3 is 1. The van der Waals surface area contributed by atoms with E-state index in [-0.39, 0.29) is 12.5 Å². The fourth-order valence-corrected chi connectivity index (χ4v) is 3.18. The minimum Gasteiger partial charge on any atom is -0.496 e. The lowest BCUT2D eigenvalue weighted by atomic mass is 10.2. The molecule has 2 N–H and O–H groups in total. The van der Waals surface area contributed by atoms with Crippen molar-refractivity contribution in [2.75, 3.05) is 27.7 Å². The summed E-state index contributed by atoms with van der Waals surface area (Å²) in [6.45, 7) is 0.696. The number of nitrogens with zero attached hydrogens (tertiary/aromatic N) is 2. The van der Waals surface area contributed by atoms with E-state index in [2.05, 4.69) is 31.6 Å². The van der Waals surface area contributed by atoms with Crippen LogP contribution in [-0.4, -0.2) is 50.6 Å². The first-order valence-corrected chi connectivity index (χ1v) is 9.36. The molecule has 0 saturated heterocycles. The molecule has 0 heterocycles. The second-order valence-electron chi connectivity index (χ2n) is 6.39. The molecule has 0 atom stereocenters. The lowest BCUT2D eigenvalue weighted by Gasteiger charge is -2.18. The number of hydrogen-bond acceptors (Lipinski definition) is 3. The summed E-state index contributed by atoms with van der Waals surface area (Å²) >= 11 is 3.48. The van der Waals surface area contributed by atoms with Gasteiger partial charge in [-0.05, 0) is 31.0 Å². The number of carbonyl (C=O) groups excluding carboxylic acids is 1. The first-order chi connectivity index (χ1) is 12.0. The minimum atomic E-state index is 0.0148. The molecular formula is C18H27BrN4O2. The van der Waals surface area contributed by atoms with Gasteiger partial charge >= 0.3 is 0 Å². The monoisotopic (exact) mass is 410 g/mol. The third-order valence-electron chi connectivity index (χ3n) is 4.25. The smallest absolute Gasteiger partial charge is 0.241 e. The summed E-state index contributed by atoms with van der Waals surface area (Å²) in [6.07, 6.45) is 4.76. The van der Waals surface area contributed by atoms with Gasteiger partial charge in [-0.3, -0.25) is 4.79 Å². The van der Waals surface area contributed by atoms with E-state index in [1.807, 2.05) is 18.2 Å². The number of aliphatic imine (C=N–C) groups is 1. The van der Waals surface area contributed by atoms with Crippen LogP contribution < -0.4 is 15.4 Å². The van der Waals surface area contributed by atoms with Gasteiger partial charge in [0.1, 0.15) is 5.75 Å². The summed E-state index contributed by atoms with van der Waals surface area (Å²) in [5.74, 6) is 1.49. The van der Waals surface area contributed by atoms with E-state index in [9.17, 15) is 4.79 Å². The van der Waals surface area contributed by atoms with Crippen LogP contribution in [0.2, 0.25) is 0 Å². The Balaban J connectivity index is 2.08. The summed E-state index contributed by atoms with van der Waals surface area (Å²) in [7, 11) is 5.15. The van der Waals surface area contributed by atoms with Gasteiger partial charge in [0.25, 0.3) is 0 Å². The number of likely N-dealkylation sites (N-methyl/N-ethyl adjacent to an activating group) is 1. The number of halogens is 1. The maximum Gasteiger partial charge on any atom is 0.241 e. The summed E-state index contributed by atoms with van der Waals surface area (Å²) in [5, 5.41) is 6.59. The first kappa shape index (κ1) is 19.6. The van der Waals surface area contributed by atoms with E-state index in [1.165, 1.54) is 12.8 Å². The maximum absolute atomic E-state index is 11.9. The highest BCUT2D eigenvalue weighted by molar-refractivity contribution is 9.10. The molecule has 0 unspecified atom stereocenters. The number of amides is 1. The molecule has 2 rings (SSSR count). The third kappa shape index (κ3) is 6.23. The van der Waals surface area contributed by atoms with E-state index in [0.717, 1.165) is 28.6 Å². The highest BCUT2D eigenvalue weighted by Gasteiger charge is 2.17. The predicted octanol–water partition coefficient (Wildman–Crippen LogP) is 2.52. The van der Waals surface area contributed by atoms with Crippen molar-refractivity contribution < 1.29 is 9.53 Å². The van der Waals surface area contributed by atoms with Crippen molar-refractivity contribution in [3.63, 3.8) is 0 Å². The number of benzene rings is 1. The van der Waals surface area contributed by atoms with Crippen molar-refractivity contribution in [2.24, 2.45) is 4.99 Å². The van der Waals surface area contributed by atoms with Crippen molar-refractivity contribution in [2.45, 2.75) is 38.3 Å². The Morgan fingerprint density at radius 2 is 2.08 bits per heavy atom. The van der Waals surface area contributed by atoms with Gasteiger partial charge in [0, 0.05) is 30.2 Å². The van der Waals surface area contributed by atoms with Gasteiger partial charge in [-0.2, -0.15) is 0 Å². The average molecular weight is 411 g/mol. The number of rotatable bonds is 6. The number of carbonyl (C=O) groups is 1. The molecule has 0 bridgehead atoms. The summed E-state index contributed by atoms with van der Waals surface area (Å²) in [6, 6.07) is 6.28. The Morgan fingerprint density at radius 3 is 2.72 bits per heavy atom. The molecule has 1 fully saturated rings. The average Bonchev–Trinajstić information content (AvgIpc) is 3.10. The molecule has 7 heteroatoms. The lowest BCUT2D eigenvalue weighted by molar-refractivity contribution is -0.127. The molecule has 1 saturated carbocycles. The van der Waals surface area contributed by atoms with Crippen LogP contribution in [0, 0.1) is 0 Å². The van der Waals surface area contributed by atoms with Gasteiger partial charge in [-0.25, -0.2) is 4.99 Å². The van der Waals surface area contributed by atoms with Crippen molar-refractivity contribution >= 4 is 27.8 Å². The van der Waals surface area contributed by atoms with Crippen molar-refractivity contribution in [1.29, 1.82) is 0 Å². The van der Waals surface area contributed by atoms with Crippen LogP contribution >= 0.6 is 15.9 Å². The molecule has 0 aliphatic heterocycles. The molecule has 1 aromatic carbocycles. The quantitative estimate of drug-likeness (QED) is 0.558. The molecule has 25 heavy (non-hydrogen) atoms. The van der Waals surface area contributed by atoms with Crippen molar-refractivity contribution in [3.05, 3.63) is 28.2 Å². The molecular weight excluding hydrogens is 384 g/mol. The maximum atomic E-state index is 11.9. The van der Waals surface area contributed by atoms with E-state index >= 15 is 0 Å². The van der Waals surface area contributed by atoms with Crippen LogP contribution in [0.25, 0.3) is 0 Å². The summed E-state index contributed by atoms with van der Waals surface area (Å²) in [4.78, 5) is 18.1. The second-order valence-corrected chi connectivity index (χ2v) is 7.30. The topological polar surface area (TPSA) is 66.0 Å². The zero-order chi connectivity index (χ0) is 18.2. The zero-order valence-corrected chi connectivity index (χ0v) is 16.7. The molecule has 0 spiro atoms. The highest BCUT2D eigenvalue weighted by Crippen LogP contribution is 2.23. The number of nitrogens with one attached hydrogen (secondary N) is 2. The van der Waals surface area contributed by atoms with E-state index in [4.69, 9.17) is 4.74 Å². The first-order valence-electron chi connectivity index (χ1n) is 8.57. The van der Waals surface area contributed by atoms with Gasteiger partial charge in [-0.15, -0.1) is 0 Å². The number of ether oxygens (including phenoxy) is 1. The third-order valence-corrected chi connectivity index (χ3v) is 4.75. The Morgan fingerprint density at radius 1 is 1.36 bits per heavy atom. The molecule has 6 nitrogen and oxygen atoms in total. The van der Waals surface area contributed by atoms with Crippen LogP contribution in [0.5, 0.6) is 5.75 Å². The Hall–Kier alpha value is -1.76. The van der Waals surface area contributed by atoms with E-state index in [1.54, 1.807) is 26.1 Å².